The molecule has 0 N–H and O–H groups in total. The Bertz CT molecular complexity index is 1210. The second-order valence-electron chi connectivity index (χ2n) is 9.33. The highest BCUT2D eigenvalue weighted by molar-refractivity contribution is 5.82. The van der Waals surface area contributed by atoms with Gasteiger partial charge in [-0.15, -0.1) is 0 Å². The first kappa shape index (κ1) is 24.1. The first-order valence-electron chi connectivity index (χ1n) is 11.9. The molecule has 2 aliphatic rings. The number of rotatable bonds is 5. The number of halogens is 3. The zero-order chi connectivity index (χ0) is 25.4. The molecule has 3 heterocycles. The fraction of sp³-hybridized carbons (Fsp3) is 0.370. The number of carbonyl (C=O) groups excluding carboxylic acids is 1. The average Bonchev–Trinajstić information content (AvgIpc) is 3.39. The van der Waals surface area contributed by atoms with Gasteiger partial charge >= 0.3 is 6.18 Å². The molecule has 0 bridgehead atoms. The first-order valence-corrected chi connectivity index (χ1v) is 11.9. The molecule has 0 spiro atoms. The molecule has 1 fully saturated rings. The zero-order valence-corrected chi connectivity index (χ0v) is 20.2. The number of ether oxygens (including phenoxy) is 1. The van der Waals surface area contributed by atoms with Crippen LogP contribution in [0.2, 0.25) is 0 Å². The summed E-state index contributed by atoms with van der Waals surface area (Å²) in [4.78, 5) is 19.6. The van der Waals surface area contributed by atoms with Gasteiger partial charge in [0.1, 0.15) is 11.5 Å². The summed E-state index contributed by atoms with van der Waals surface area (Å²) in [5, 5.41) is 0. The number of benzene rings is 2. The molecule has 6 nitrogen and oxygen atoms in total. The number of methoxy groups -OCH3 is 1. The summed E-state index contributed by atoms with van der Waals surface area (Å²) in [6.45, 7) is 2.16. The normalized spacial score (nSPS) is 19.5. The lowest BCUT2D eigenvalue weighted by molar-refractivity contribution is -0.137. The third kappa shape index (κ3) is 4.62. The van der Waals surface area contributed by atoms with Crippen molar-refractivity contribution in [1.29, 1.82) is 0 Å². The highest BCUT2D eigenvalue weighted by atomic mass is 19.4. The predicted molar refractivity (Wildman–Crippen MR) is 130 cm³/mol. The predicted octanol–water partition coefficient (Wildman–Crippen LogP) is 4.83. The lowest BCUT2D eigenvalue weighted by atomic mass is 9.82. The second-order valence-corrected chi connectivity index (χ2v) is 9.33. The highest BCUT2D eigenvalue weighted by Gasteiger charge is 2.43. The van der Waals surface area contributed by atoms with Crippen LogP contribution in [0.25, 0.3) is 0 Å². The van der Waals surface area contributed by atoms with Crippen molar-refractivity contribution < 1.29 is 27.1 Å². The molecule has 2 unspecified atom stereocenters. The number of carbonyl (C=O) groups is 1. The maximum atomic E-state index is 13.7. The summed E-state index contributed by atoms with van der Waals surface area (Å²) in [5.41, 5.74) is 1.67. The van der Waals surface area contributed by atoms with Crippen LogP contribution < -0.4 is 14.5 Å². The molecule has 1 aromatic heterocycles. The minimum Gasteiger partial charge on any atom is -0.497 e. The van der Waals surface area contributed by atoms with Crippen molar-refractivity contribution in [3.05, 3.63) is 77.7 Å². The Balaban J connectivity index is 1.46. The van der Waals surface area contributed by atoms with Crippen molar-refractivity contribution in [3.63, 3.8) is 0 Å². The van der Waals surface area contributed by atoms with Crippen LogP contribution in [0.1, 0.15) is 16.9 Å². The number of fused-ring (bicyclic) bond motifs is 3. The molecule has 1 amide bonds. The molecular formula is C27H28F3N3O3. The van der Waals surface area contributed by atoms with Gasteiger partial charge in [-0.25, -0.2) is 0 Å². The van der Waals surface area contributed by atoms with E-state index in [-0.39, 0.29) is 18.4 Å². The van der Waals surface area contributed by atoms with Crippen molar-refractivity contribution in [2.24, 2.45) is 5.92 Å². The minimum atomic E-state index is -4.44. The second kappa shape index (κ2) is 9.44. The molecule has 2 aliphatic heterocycles. The Labute approximate surface area is 207 Å². The van der Waals surface area contributed by atoms with E-state index in [4.69, 9.17) is 9.15 Å². The molecule has 0 saturated carbocycles. The number of piperazine rings is 1. The SMILES string of the molecule is COc1ccc(N2CCN3c4ccc(C(F)(F)F)cc4CC(C(=O)N(C)Cc4ccco4)C3C2)cc1. The average molecular weight is 500 g/mol. The maximum Gasteiger partial charge on any atom is 0.416 e. The van der Waals surface area contributed by atoms with Gasteiger partial charge in [-0.2, -0.15) is 13.2 Å². The molecule has 36 heavy (non-hydrogen) atoms. The van der Waals surface area contributed by atoms with Crippen molar-refractivity contribution >= 4 is 17.3 Å². The van der Waals surface area contributed by atoms with Gasteiger partial charge in [0.05, 0.1) is 37.4 Å². The van der Waals surface area contributed by atoms with Gasteiger partial charge < -0.3 is 23.9 Å². The number of amides is 1. The van der Waals surface area contributed by atoms with E-state index in [1.807, 2.05) is 24.3 Å². The van der Waals surface area contributed by atoms with Crippen LogP contribution in [0.15, 0.2) is 65.3 Å². The van der Waals surface area contributed by atoms with Crippen LogP contribution >= 0.6 is 0 Å². The van der Waals surface area contributed by atoms with Gasteiger partial charge in [-0.1, -0.05) is 0 Å². The molecule has 0 aliphatic carbocycles. The van der Waals surface area contributed by atoms with E-state index in [0.717, 1.165) is 23.2 Å². The number of furan rings is 1. The van der Waals surface area contributed by atoms with Crippen molar-refractivity contribution in [2.75, 3.05) is 43.6 Å². The van der Waals surface area contributed by atoms with Crippen LogP contribution in [0, 0.1) is 5.92 Å². The molecule has 2 aromatic carbocycles. The van der Waals surface area contributed by atoms with E-state index in [1.165, 1.54) is 6.07 Å². The van der Waals surface area contributed by atoms with Crippen molar-refractivity contribution in [2.45, 2.75) is 25.2 Å². The molecule has 3 aromatic rings. The van der Waals surface area contributed by atoms with E-state index in [2.05, 4.69) is 9.80 Å². The number of hydrogen-bond donors (Lipinski definition) is 0. The highest BCUT2D eigenvalue weighted by Crippen LogP contribution is 2.40. The third-order valence-electron chi connectivity index (χ3n) is 7.14. The van der Waals surface area contributed by atoms with E-state index < -0.39 is 17.7 Å². The monoisotopic (exact) mass is 499 g/mol. The number of anilines is 2. The summed E-state index contributed by atoms with van der Waals surface area (Å²) in [6.07, 6.45) is -2.63. The summed E-state index contributed by atoms with van der Waals surface area (Å²) < 4.78 is 51.1. The molecule has 5 rings (SSSR count). The first-order chi connectivity index (χ1) is 17.2. The van der Waals surface area contributed by atoms with E-state index in [1.54, 1.807) is 43.5 Å². The molecular weight excluding hydrogens is 471 g/mol. The van der Waals surface area contributed by atoms with Crippen LogP contribution in [0.4, 0.5) is 24.5 Å². The quantitative estimate of drug-likeness (QED) is 0.503. The van der Waals surface area contributed by atoms with E-state index in [9.17, 15) is 18.0 Å². The lowest BCUT2D eigenvalue weighted by Gasteiger charge is -2.50. The van der Waals surface area contributed by atoms with Gasteiger partial charge in [0.25, 0.3) is 0 Å². The van der Waals surface area contributed by atoms with Gasteiger partial charge in [-0.3, -0.25) is 4.79 Å². The molecule has 2 atom stereocenters. The number of alkyl halides is 3. The lowest BCUT2D eigenvalue weighted by Crippen LogP contribution is -2.61. The van der Waals surface area contributed by atoms with Gasteiger partial charge in [0.2, 0.25) is 5.91 Å². The van der Waals surface area contributed by atoms with Crippen molar-refractivity contribution in [3.8, 4) is 5.75 Å². The zero-order valence-electron chi connectivity index (χ0n) is 20.2. The Morgan fingerprint density at radius 3 is 2.58 bits per heavy atom. The number of nitrogens with zero attached hydrogens (tertiary/aromatic N) is 3. The van der Waals surface area contributed by atoms with Gasteiger partial charge in [0.15, 0.2) is 0 Å². The summed E-state index contributed by atoms with van der Waals surface area (Å²) in [7, 11) is 3.33. The standard InChI is InChI=1S/C27H28F3N3O3/c1-31(16-22-4-3-13-36-22)26(34)23-15-18-14-19(27(28,29)30)5-10-24(18)33-12-11-32(17-25(23)33)20-6-8-21(35-2)9-7-20/h3-10,13-14,23,25H,11-12,15-17H2,1-2H3. The fourth-order valence-corrected chi connectivity index (χ4v) is 5.31. The van der Waals surface area contributed by atoms with Crippen molar-refractivity contribution in [1.82, 2.24) is 4.90 Å². The topological polar surface area (TPSA) is 49.2 Å². The van der Waals surface area contributed by atoms with Gasteiger partial charge in [-0.05, 0) is 66.6 Å². The molecule has 0 radical (unpaired) electrons. The Morgan fingerprint density at radius 1 is 1.14 bits per heavy atom. The Kier molecular flexibility index (Phi) is 6.32. The summed E-state index contributed by atoms with van der Waals surface area (Å²) in [5.74, 6) is 0.807. The van der Waals surface area contributed by atoms with E-state index >= 15 is 0 Å². The smallest absolute Gasteiger partial charge is 0.416 e. The van der Waals surface area contributed by atoms with Crippen LogP contribution in [-0.4, -0.2) is 50.6 Å². The molecule has 9 heteroatoms. The molecule has 190 valence electrons. The largest absolute Gasteiger partial charge is 0.497 e. The fourth-order valence-electron chi connectivity index (χ4n) is 5.31. The third-order valence-corrected chi connectivity index (χ3v) is 7.14. The van der Waals surface area contributed by atoms with Crippen LogP contribution in [0.5, 0.6) is 5.75 Å². The Morgan fingerprint density at radius 2 is 1.92 bits per heavy atom. The number of hydrogen-bond acceptors (Lipinski definition) is 5. The van der Waals surface area contributed by atoms with Gasteiger partial charge in [0, 0.05) is 38.1 Å². The Hall–Kier alpha value is -3.62. The van der Waals surface area contributed by atoms with E-state index in [0.29, 0.717) is 37.5 Å². The minimum absolute atomic E-state index is 0.110. The summed E-state index contributed by atoms with van der Waals surface area (Å²) >= 11 is 0. The van der Waals surface area contributed by atoms with Crippen LogP contribution in [0.3, 0.4) is 0 Å². The molecule has 1 saturated heterocycles. The summed E-state index contributed by atoms with van der Waals surface area (Å²) in [6, 6.07) is 15.0. The maximum absolute atomic E-state index is 13.7. The van der Waals surface area contributed by atoms with Crippen LogP contribution in [-0.2, 0) is 23.9 Å².